The van der Waals surface area contributed by atoms with Crippen LogP contribution in [0.2, 0.25) is 0 Å². The molecule has 2 aromatic rings. The van der Waals surface area contributed by atoms with Gasteiger partial charge in [-0.1, -0.05) is 6.07 Å². The number of H-pyrrole nitrogens is 1. The van der Waals surface area contributed by atoms with E-state index in [-0.39, 0.29) is 37.4 Å². The van der Waals surface area contributed by atoms with Crippen molar-refractivity contribution >= 4 is 11.9 Å². The molecule has 1 amide bonds. The molecule has 126 valence electrons. The lowest BCUT2D eigenvalue weighted by atomic mass is 10.0. The van der Waals surface area contributed by atoms with Crippen LogP contribution in [0, 0.1) is 6.92 Å². The zero-order valence-electron chi connectivity index (χ0n) is 13.2. The Morgan fingerprint density at radius 1 is 1.42 bits per heavy atom. The molecule has 0 bridgehead atoms. The summed E-state index contributed by atoms with van der Waals surface area (Å²) in [6.07, 6.45) is 1.76. The van der Waals surface area contributed by atoms with Crippen molar-refractivity contribution in [1.29, 1.82) is 0 Å². The minimum Gasteiger partial charge on any atom is -0.480 e. The highest BCUT2D eigenvalue weighted by Gasteiger charge is 2.35. The van der Waals surface area contributed by atoms with Crippen LogP contribution in [0.15, 0.2) is 29.3 Å². The number of pyridine rings is 1. The van der Waals surface area contributed by atoms with Gasteiger partial charge in [0.15, 0.2) is 0 Å². The van der Waals surface area contributed by atoms with E-state index in [0.717, 1.165) is 11.4 Å². The van der Waals surface area contributed by atoms with Gasteiger partial charge in [0.2, 0.25) is 5.91 Å². The van der Waals surface area contributed by atoms with Crippen LogP contribution in [-0.4, -0.2) is 42.5 Å². The average molecular weight is 330 g/mol. The van der Waals surface area contributed by atoms with Crippen LogP contribution < -0.4 is 5.56 Å². The molecule has 0 saturated carbocycles. The summed E-state index contributed by atoms with van der Waals surface area (Å²) >= 11 is 0. The van der Waals surface area contributed by atoms with E-state index >= 15 is 0 Å². The van der Waals surface area contributed by atoms with Gasteiger partial charge in [-0.3, -0.25) is 9.59 Å². The normalized spacial score (nSPS) is 16.7. The number of carboxylic acids is 1. The first-order valence-electron chi connectivity index (χ1n) is 7.67. The fourth-order valence-corrected chi connectivity index (χ4v) is 2.98. The summed E-state index contributed by atoms with van der Waals surface area (Å²) in [5, 5.41) is 9.41. The van der Waals surface area contributed by atoms with Gasteiger partial charge < -0.3 is 19.6 Å². The maximum atomic E-state index is 12.6. The molecule has 3 heterocycles. The third-order valence-corrected chi connectivity index (χ3v) is 4.32. The standard InChI is InChI=1S/C16H18N4O4/c1-10-3-2-4-14(21)19(10)6-5-15(22)20-8-12-11(17-9-18-12)7-13(20)16(23)24/h2-4,9,13H,5-8H2,1H3,(H,17,18)(H,23,24)/t13-/m1/s1. The van der Waals surface area contributed by atoms with Crippen molar-refractivity contribution in [2.75, 3.05) is 0 Å². The molecule has 2 N–H and O–H groups in total. The number of nitrogens with zero attached hydrogens (tertiary/aromatic N) is 3. The number of amides is 1. The molecule has 0 fully saturated rings. The molecule has 0 saturated heterocycles. The summed E-state index contributed by atoms with van der Waals surface area (Å²) in [6, 6.07) is 3.97. The lowest BCUT2D eigenvalue weighted by Gasteiger charge is -2.32. The van der Waals surface area contributed by atoms with Crippen molar-refractivity contribution < 1.29 is 14.7 Å². The number of aromatic amines is 1. The first kappa shape index (κ1) is 16.0. The smallest absolute Gasteiger partial charge is 0.326 e. The van der Waals surface area contributed by atoms with E-state index in [2.05, 4.69) is 9.97 Å². The zero-order chi connectivity index (χ0) is 17.3. The van der Waals surface area contributed by atoms with Crippen LogP contribution in [0.1, 0.15) is 23.5 Å². The molecular weight excluding hydrogens is 312 g/mol. The highest BCUT2D eigenvalue weighted by Crippen LogP contribution is 2.21. The Morgan fingerprint density at radius 3 is 2.92 bits per heavy atom. The highest BCUT2D eigenvalue weighted by molar-refractivity contribution is 5.84. The summed E-state index contributed by atoms with van der Waals surface area (Å²) in [5.41, 5.74) is 2.03. The number of fused-ring (bicyclic) bond motifs is 1. The molecule has 24 heavy (non-hydrogen) atoms. The molecule has 0 unspecified atom stereocenters. The Morgan fingerprint density at radius 2 is 2.21 bits per heavy atom. The van der Waals surface area contributed by atoms with Crippen molar-refractivity contribution in [2.24, 2.45) is 0 Å². The largest absolute Gasteiger partial charge is 0.480 e. The molecule has 3 rings (SSSR count). The average Bonchev–Trinajstić information content (AvgIpc) is 3.00. The minimum absolute atomic E-state index is 0.0675. The van der Waals surface area contributed by atoms with Gasteiger partial charge in [0.1, 0.15) is 6.04 Å². The number of rotatable bonds is 4. The number of hydrogen-bond acceptors (Lipinski definition) is 4. The highest BCUT2D eigenvalue weighted by atomic mass is 16.4. The van der Waals surface area contributed by atoms with Gasteiger partial charge in [0, 0.05) is 31.1 Å². The Hall–Kier alpha value is -2.90. The van der Waals surface area contributed by atoms with E-state index < -0.39 is 12.0 Å². The second-order valence-corrected chi connectivity index (χ2v) is 5.81. The maximum absolute atomic E-state index is 12.6. The van der Waals surface area contributed by atoms with Crippen molar-refractivity contribution in [2.45, 2.75) is 38.9 Å². The summed E-state index contributed by atoms with van der Waals surface area (Å²) in [7, 11) is 0. The lowest BCUT2D eigenvalue weighted by molar-refractivity contribution is -0.151. The van der Waals surface area contributed by atoms with E-state index in [1.807, 2.05) is 0 Å². The summed E-state index contributed by atoms with van der Waals surface area (Å²) in [4.78, 5) is 44.3. The fraction of sp³-hybridized carbons (Fsp3) is 0.375. The van der Waals surface area contributed by atoms with Gasteiger partial charge in [0.25, 0.3) is 5.56 Å². The number of aryl methyl sites for hydroxylation is 1. The Labute approximate surface area is 137 Å². The molecule has 0 radical (unpaired) electrons. The molecule has 0 aliphatic carbocycles. The topological polar surface area (TPSA) is 108 Å². The lowest BCUT2D eigenvalue weighted by Crippen LogP contribution is -2.49. The molecular formula is C16H18N4O4. The molecule has 2 aromatic heterocycles. The maximum Gasteiger partial charge on any atom is 0.326 e. The summed E-state index contributed by atoms with van der Waals surface area (Å²) in [5.74, 6) is -1.34. The van der Waals surface area contributed by atoms with Crippen LogP contribution >= 0.6 is 0 Å². The van der Waals surface area contributed by atoms with Crippen molar-refractivity contribution in [3.05, 3.63) is 52.0 Å². The van der Waals surface area contributed by atoms with Gasteiger partial charge >= 0.3 is 5.97 Å². The molecule has 1 aliphatic rings. The second-order valence-electron chi connectivity index (χ2n) is 5.81. The molecule has 1 atom stereocenters. The Bertz CT molecular complexity index is 839. The van der Waals surface area contributed by atoms with E-state index in [1.54, 1.807) is 19.1 Å². The van der Waals surface area contributed by atoms with Crippen LogP contribution in [0.25, 0.3) is 0 Å². The molecule has 0 spiro atoms. The number of hydrogen-bond donors (Lipinski definition) is 2. The predicted molar refractivity (Wildman–Crippen MR) is 84.3 cm³/mol. The Balaban J connectivity index is 1.76. The van der Waals surface area contributed by atoms with Crippen LogP contribution in [0.3, 0.4) is 0 Å². The van der Waals surface area contributed by atoms with Gasteiger partial charge in [-0.05, 0) is 13.0 Å². The second kappa shape index (κ2) is 6.31. The quantitative estimate of drug-likeness (QED) is 0.838. The third-order valence-electron chi connectivity index (χ3n) is 4.32. The fourth-order valence-electron chi connectivity index (χ4n) is 2.98. The number of aromatic nitrogens is 3. The third kappa shape index (κ3) is 2.94. The zero-order valence-corrected chi connectivity index (χ0v) is 13.2. The number of nitrogens with one attached hydrogen (secondary N) is 1. The first-order valence-corrected chi connectivity index (χ1v) is 7.67. The van der Waals surface area contributed by atoms with Gasteiger partial charge in [-0.25, -0.2) is 9.78 Å². The summed E-state index contributed by atoms with van der Waals surface area (Å²) in [6.45, 7) is 2.21. The monoisotopic (exact) mass is 330 g/mol. The van der Waals surface area contributed by atoms with Crippen molar-refractivity contribution in [1.82, 2.24) is 19.4 Å². The number of carbonyl (C=O) groups excluding carboxylic acids is 1. The van der Waals surface area contributed by atoms with Crippen molar-refractivity contribution in [3.63, 3.8) is 0 Å². The van der Waals surface area contributed by atoms with E-state index in [9.17, 15) is 19.5 Å². The van der Waals surface area contributed by atoms with Crippen LogP contribution in [0.4, 0.5) is 0 Å². The first-order chi connectivity index (χ1) is 11.5. The number of carboxylic acid groups (broad SMARTS) is 1. The van der Waals surface area contributed by atoms with Gasteiger partial charge in [0.05, 0.1) is 24.3 Å². The summed E-state index contributed by atoms with van der Waals surface area (Å²) < 4.78 is 1.51. The SMILES string of the molecule is Cc1cccc(=O)n1CCC(=O)N1Cc2[nH]cnc2C[C@@H]1C(=O)O. The van der Waals surface area contributed by atoms with E-state index in [1.165, 1.54) is 21.9 Å². The molecule has 1 aliphatic heterocycles. The van der Waals surface area contributed by atoms with E-state index in [4.69, 9.17) is 0 Å². The van der Waals surface area contributed by atoms with Gasteiger partial charge in [-0.15, -0.1) is 0 Å². The predicted octanol–water partition coefficient (Wildman–Crippen LogP) is 0.308. The van der Waals surface area contributed by atoms with Crippen LogP contribution in [-0.2, 0) is 29.1 Å². The number of imidazole rings is 1. The van der Waals surface area contributed by atoms with Crippen molar-refractivity contribution in [3.8, 4) is 0 Å². The molecule has 8 nitrogen and oxygen atoms in total. The minimum atomic E-state index is -1.05. The molecule has 8 heteroatoms. The Kier molecular flexibility index (Phi) is 4.20. The molecule has 0 aromatic carbocycles. The van der Waals surface area contributed by atoms with E-state index in [0.29, 0.717) is 5.69 Å². The van der Waals surface area contributed by atoms with Crippen LogP contribution in [0.5, 0.6) is 0 Å². The van der Waals surface area contributed by atoms with Gasteiger partial charge in [-0.2, -0.15) is 0 Å². The number of aliphatic carboxylic acids is 1. The number of carbonyl (C=O) groups is 2.